The van der Waals surface area contributed by atoms with Gasteiger partial charge >= 0.3 is 0 Å². The number of likely N-dealkylation sites (N-methyl/N-ethyl adjacent to an activating group) is 1. The van der Waals surface area contributed by atoms with E-state index in [0.717, 1.165) is 75.3 Å². The number of nitrogens with zero attached hydrogens (tertiary/aromatic N) is 6. The van der Waals surface area contributed by atoms with Gasteiger partial charge < -0.3 is 25.8 Å². The van der Waals surface area contributed by atoms with Crippen LogP contribution in [-0.2, 0) is 22.6 Å². The minimum Gasteiger partial charge on any atom is -0.382 e. The van der Waals surface area contributed by atoms with Crippen LogP contribution in [0.25, 0.3) is 11.2 Å². The highest BCUT2D eigenvalue weighted by Crippen LogP contribution is 2.35. The molecular formula is C32H38ClN9O2. The van der Waals surface area contributed by atoms with E-state index < -0.39 is 0 Å². The molecule has 1 aliphatic carbocycles. The molecule has 0 bridgehead atoms. The molecule has 3 heterocycles. The Kier molecular flexibility index (Phi) is 9.06. The van der Waals surface area contributed by atoms with Crippen molar-refractivity contribution in [2.45, 2.75) is 44.7 Å². The zero-order valence-electron chi connectivity index (χ0n) is 24.9. The van der Waals surface area contributed by atoms with Crippen molar-refractivity contribution < 1.29 is 9.59 Å². The lowest BCUT2D eigenvalue weighted by atomic mass is 9.85. The van der Waals surface area contributed by atoms with Gasteiger partial charge in [0.2, 0.25) is 17.1 Å². The Morgan fingerprint density at radius 3 is 2.20 bits per heavy atom. The summed E-state index contributed by atoms with van der Waals surface area (Å²) in [5.74, 6) is 0.116. The molecule has 1 saturated heterocycles. The van der Waals surface area contributed by atoms with Crippen LogP contribution in [0.15, 0.2) is 54.9 Å². The standard InChI is InChI=1S/C32H38ClN9O2/c1-40-14-16-41(17-15-40)19-22-4-10-24(11-5-22)36-27(43)18-21-2-8-25(9-3-21)37-31(44)23-6-12-26(13-7-23)42-20-35-28-29(34)38-32(33)39-30(28)42/h2-5,8-11,20,23,26H,6-7,12-19H2,1H3,(H,36,43)(H,37,44)(H2,34,38,39). The molecule has 2 aliphatic rings. The SMILES string of the molecule is CN1CCN(Cc2ccc(NC(=O)Cc3ccc(NC(=O)C4CCC(n5cnc6c(N)nc(Cl)nc65)CC4)cc3)cc2)CC1. The fourth-order valence-electron chi connectivity index (χ4n) is 6.09. The third-order valence-corrected chi connectivity index (χ3v) is 8.88. The number of piperazine rings is 1. The van der Waals surface area contributed by atoms with Gasteiger partial charge in [0.1, 0.15) is 5.52 Å². The molecule has 1 saturated carbocycles. The fraction of sp³-hybridized carbons (Fsp3) is 0.406. The number of imidazole rings is 1. The lowest BCUT2D eigenvalue weighted by Gasteiger charge is -2.32. The van der Waals surface area contributed by atoms with Gasteiger partial charge in [0, 0.05) is 56.1 Å². The normalized spacial score (nSPS) is 19.6. The predicted octanol–water partition coefficient (Wildman–Crippen LogP) is 4.36. The van der Waals surface area contributed by atoms with E-state index in [2.05, 4.69) is 54.6 Å². The Labute approximate surface area is 261 Å². The fourth-order valence-corrected chi connectivity index (χ4v) is 6.26. The first-order valence-corrected chi connectivity index (χ1v) is 15.5. The monoisotopic (exact) mass is 615 g/mol. The molecule has 0 radical (unpaired) electrons. The van der Waals surface area contributed by atoms with E-state index in [1.165, 1.54) is 5.56 Å². The van der Waals surface area contributed by atoms with Gasteiger partial charge in [0.15, 0.2) is 11.5 Å². The zero-order valence-corrected chi connectivity index (χ0v) is 25.6. The number of carbonyl (C=O) groups excluding carboxylic acids is 2. The molecule has 230 valence electrons. The minimum atomic E-state index is -0.0808. The molecule has 0 atom stereocenters. The number of carbonyl (C=O) groups is 2. The number of aromatic nitrogens is 4. The maximum atomic E-state index is 13.0. The summed E-state index contributed by atoms with van der Waals surface area (Å²) < 4.78 is 1.99. The Balaban J connectivity index is 0.952. The van der Waals surface area contributed by atoms with Gasteiger partial charge in [0.25, 0.3) is 0 Å². The molecule has 44 heavy (non-hydrogen) atoms. The molecule has 2 fully saturated rings. The topological polar surface area (TPSA) is 134 Å². The minimum absolute atomic E-state index is 0.00937. The molecular weight excluding hydrogens is 578 g/mol. The molecule has 0 unspecified atom stereocenters. The van der Waals surface area contributed by atoms with Gasteiger partial charge in [-0.15, -0.1) is 0 Å². The smallest absolute Gasteiger partial charge is 0.228 e. The van der Waals surface area contributed by atoms with Crippen LogP contribution in [0.1, 0.15) is 42.9 Å². The van der Waals surface area contributed by atoms with Crippen molar-refractivity contribution in [1.29, 1.82) is 0 Å². The lowest BCUT2D eigenvalue weighted by Crippen LogP contribution is -2.43. The van der Waals surface area contributed by atoms with Gasteiger partial charge in [-0.2, -0.15) is 9.97 Å². The Morgan fingerprint density at radius 1 is 0.886 bits per heavy atom. The van der Waals surface area contributed by atoms with Gasteiger partial charge in [-0.3, -0.25) is 14.5 Å². The number of amides is 2. The Hall–Kier alpha value is -4.06. The maximum absolute atomic E-state index is 13.0. The number of benzene rings is 2. The van der Waals surface area contributed by atoms with Crippen molar-refractivity contribution in [3.05, 3.63) is 71.3 Å². The molecule has 2 aromatic heterocycles. The van der Waals surface area contributed by atoms with Crippen LogP contribution in [0, 0.1) is 5.92 Å². The number of hydrogen-bond donors (Lipinski definition) is 3. The summed E-state index contributed by atoms with van der Waals surface area (Å²) in [6.45, 7) is 5.27. The summed E-state index contributed by atoms with van der Waals surface area (Å²) in [5.41, 5.74) is 10.7. The van der Waals surface area contributed by atoms with Crippen LogP contribution in [0.4, 0.5) is 17.2 Å². The second-order valence-electron chi connectivity index (χ2n) is 11.9. The zero-order chi connectivity index (χ0) is 30.6. The molecule has 4 aromatic rings. The number of fused-ring (bicyclic) bond motifs is 1. The summed E-state index contributed by atoms with van der Waals surface area (Å²) in [7, 11) is 2.16. The second kappa shape index (κ2) is 13.3. The first-order valence-electron chi connectivity index (χ1n) is 15.2. The number of nitrogen functional groups attached to an aromatic ring is 1. The van der Waals surface area contributed by atoms with E-state index in [9.17, 15) is 9.59 Å². The number of nitrogens with two attached hydrogens (primary N) is 1. The van der Waals surface area contributed by atoms with Crippen molar-refractivity contribution in [3.8, 4) is 0 Å². The van der Waals surface area contributed by atoms with E-state index in [1.54, 1.807) is 6.33 Å². The van der Waals surface area contributed by atoms with E-state index in [0.29, 0.717) is 11.2 Å². The second-order valence-corrected chi connectivity index (χ2v) is 12.2. The van der Waals surface area contributed by atoms with Crippen molar-refractivity contribution in [1.82, 2.24) is 29.3 Å². The largest absolute Gasteiger partial charge is 0.382 e. The molecule has 1 aliphatic heterocycles. The summed E-state index contributed by atoms with van der Waals surface area (Å²) in [6, 6.07) is 15.7. The van der Waals surface area contributed by atoms with Crippen LogP contribution in [0.5, 0.6) is 0 Å². The summed E-state index contributed by atoms with van der Waals surface area (Å²) >= 11 is 6.02. The van der Waals surface area contributed by atoms with Crippen LogP contribution in [-0.4, -0.2) is 74.4 Å². The van der Waals surface area contributed by atoms with Crippen LogP contribution < -0.4 is 16.4 Å². The highest BCUT2D eigenvalue weighted by Gasteiger charge is 2.28. The third-order valence-electron chi connectivity index (χ3n) is 8.71. The van der Waals surface area contributed by atoms with Crippen LogP contribution >= 0.6 is 11.6 Å². The van der Waals surface area contributed by atoms with Crippen molar-refractivity contribution in [2.24, 2.45) is 5.92 Å². The Bertz CT molecular complexity index is 1610. The van der Waals surface area contributed by atoms with E-state index in [-0.39, 0.29) is 41.3 Å². The average Bonchev–Trinajstić information content (AvgIpc) is 3.44. The van der Waals surface area contributed by atoms with Crippen LogP contribution in [0.3, 0.4) is 0 Å². The average molecular weight is 616 g/mol. The molecule has 6 rings (SSSR count). The maximum Gasteiger partial charge on any atom is 0.228 e. The van der Waals surface area contributed by atoms with Gasteiger partial charge in [0.05, 0.1) is 12.7 Å². The number of rotatable bonds is 8. The first-order chi connectivity index (χ1) is 21.3. The van der Waals surface area contributed by atoms with Crippen molar-refractivity contribution in [2.75, 3.05) is 49.6 Å². The third kappa shape index (κ3) is 7.18. The molecule has 2 amide bonds. The quantitative estimate of drug-likeness (QED) is 0.249. The van der Waals surface area contributed by atoms with Crippen LogP contribution in [0.2, 0.25) is 5.28 Å². The first kappa shape index (κ1) is 30.0. The molecule has 2 aromatic carbocycles. The van der Waals surface area contributed by atoms with E-state index in [4.69, 9.17) is 17.3 Å². The van der Waals surface area contributed by atoms with Crippen molar-refractivity contribution in [3.63, 3.8) is 0 Å². The number of halogens is 1. The summed E-state index contributed by atoms with van der Waals surface area (Å²) in [6.07, 6.45) is 5.12. The number of nitrogens with one attached hydrogen (secondary N) is 2. The molecule has 11 nitrogen and oxygen atoms in total. The van der Waals surface area contributed by atoms with Gasteiger partial charge in [-0.25, -0.2) is 4.98 Å². The highest BCUT2D eigenvalue weighted by atomic mass is 35.5. The molecule has 4 N–H and O–H groups in total. The molecule has 0 spiro atoms. The lowest BCUT2D eigenvalue weighted by molar-refractivity contribution is -0.121. The summed E-state index contributed by atoms with van der Waals surface area (Å²) in [5, 5.41) is 6.13. The Morgan fingerprint density at radius 2 is 1.52 bits per heavy atom. The van der Waals surface area contributed by atoms with E-state index >= 15 is 0 Å². The van der Waals surface area contributed by atoms with Gasteiger partial charge in [-0.05, 0) is 79.7 Å². The van der Waals surface area contributed by atoms with Gasteiger partial charge in [-0.1, -0.05) is 24.3 Å². The van der Waals surface area contributed by atoms with E-state index in [1.807, 2.05) is 41.0 Å². The summed E-state index contributed by atoms with van der Waals surface area (Å²) in [4.78, 5) is 43.2. The number of anilines is 3. The highest BCUT2D eigenvalue weighted by molar-refractivity contribution is 6.28. The molecule has 12 heteroatoms. The van der Waals surface area contributed by atoms with Crippen molar-refractivity contribution >= 4 is 51.8 Å². The number of hydrogen-bond acceptors (Lipinski definition) is 8. The predicted molar refractivity (Wildman–Crippen MR) is 172 cm³/mol.